The first-order valence-corrected chi connectivity index (χ1v) is 8.10. The molecule has 0 fully saturated rings. The molecule has 0 aromatic heterocycles. The third-order valence-corrected chi connectivity index (χ3v) is 4.19. The summed E-state index contributed by atoms with van der Waals surface area (Å²) < 4.78 is 0. The van der Waals surface area contributed by atoms with Crippen LogP contribution in [-0.2, 0) is 6.42 Å². The molecule has 1 N–H and O–H groups in total. The number of rotatable bonds is 5. The zero-order chi connectivity index (χ0) is 16.1. The molecule has 3 aromatic carbocycles. The third kappa shape index (κ3) is 3.59. The first-order valence-electron chi connectivity index (χ1n) is 8.10. The summed E-state index contributed by atoms with van der Waals surface area (Å²) in [5, 5.41) is 5.28. The summed E-state index contributed by atoms with van der Waals surface area (Å²) >= 11 is 0. The average Bonchev–Trinajstić information content (AvgIpc) is 2.61. The van der Waals surface area contributed by atoms with Crippen LogP contribution in [0, 0.1) is 0 Å². The monoisotopic (exact) mass is 303 g/mol. The molecule has 0 saturated heterocycles. The van der Waals surface area contributed by atoms with E-state index < -0.39 is 0 Å². The highest BCUT2D eigenvalue weighted by molar-refractivity contribution is 6.07. The summed E-state index contributed by atoms with van der Waals surface area (Å²) in [5.41, 5.74) is 1.99. The van der Waals surface area contributed by atoms with E-state index in [-0.39, 0.29) is 11.9 Å². The molecule has 0 saturated carbocycles. The van der Waals surface area contributed by atoms with Crippen LogP contribution in [0.4, 0.5) is 0 Å². The predicted octanol–water partition coefficient (Wildman–Crippen LogP) is 4.59. The van der Waals surface area contributed by atoms with Crippen molar-refractivity contribution >= 4 is 16.7 Å². The number of carbonyl (C=O) groups is 1. The van der Waals surface area contributed by atoms with Crippen molar-refractivity contribution in [3.05, 3.63) is 83.9 Å². The molecule has 0 heterocycles. The van der Waals surface area contributed by atoms with Crippen molar-refractivity contribution in [2.24, 2.45) is 0 Å². The van der Waals surface area contributed by atoms with Gasteiger partial charge in [0.05, 0.1) is 0 Å². The Kier molecular flexibility index (Phi) is 4.72. The molecule has 0 spiro atoms. The highest BCUT2D eigenvalue weighted by atomic mass is 16.1. The minimum absolute atomic E-state index is 0.00424. The van der Waals surface area contributed by atoms with Gasteiger partial charge in [0.25, 0.3) is 5.91 Å². The van der Waals surface area contributed by atoms with Crippen LogP contribution < -0.4 is 5.32 Å². The van der Waals surface area contributed by atoms with Gasteiger partial charge in [0.2, 0.25) is 0 Å². The minimum Gasteiger partial charge on any atom is -0.349 e. The minimum atomic E-state index is 0.00424. The summed E-state index contributed by atoms with van der Waals surface area (Å²) in [5.74, 6) is 0.00424. The standard InChI is InChI=1S/C21H21NO/c1-2-18(15-16-9-4-3-5-10-16)22-21(23)20-14-8-12-17-11-6-7-13-19(17)20/h3-14,18H,2,15H2,1H3,(H,22,23). The van der Waals surface area contributed by atoms with E-state index >= 15 is 0 Å². The van der Waals surface area contributed by atoms with Crippen molar-refractivity contribution in [2.45, 2.75) is 25.8 Å². The SMILES string of the molecule is CCC(Cc1ccccc1)NC(=O)c1cccc2ccccc12. The van der Waals surface area contributed by atoms with Crippen molar-refractivity contribution in [1.82, 2.24) is 5.32 Å². The Labute approximate surface area is 137 Å². The van der Waals surface area contributed by atoms with Gasteiger partial charge in [-0.25, -0.2) is 0 Å². The molecule has 1 amide bonds. The van der Waals surface area contributed by atoms with Crippen molar-refractivity contribution in [2.75, 3.05) is 0 Å². The van der Waals surface area contributed by atoms with Crippen LogP contribution >= 0.6 is 0 Å². The fourth-order valence-corrected chi connectivity index (χ4v) is 2.88. The Morgan fingerprint density at radius 2 is 1.61 bits per heavy atom. The van der Waals surface area contributed by atoms with Gasteiger partial charge in [-0.05, 0) is 35.2 Å². The van der Waals surface area contributed by atoms with Crippen LogP contribution in [0.3, 0.4) is 0 Å². The fraction of sp³-hybridized carbons (Fsp3) is 0.190. The Hall–Kier alpha value is -2.61. The second-order valence-corrected chi connectivity index (χ2v) is 5.80. The zero-order valence-corrected chi connectivity index (χ0v) is 13.3. The molecule has 116 valence electrons. The molecule has 0 aliphatic carbocycles. The quantitative estimate of drug-likeness (QED) is 0.734. The fourth-order valence-electron chi connectivity index (χ4n) is 2.88. The molecule has 0 bridgehead atoms. The molecule has 2 nitrogen and oxygen atoms in total. The van der Waals surface area contributed by atoms with Crippen LogP contribution in [0.1, 0.15) is 29.3 Å². The Bertz CT molecular complexity index is 790. The number of hydrogen-bond acceptors (Lipinski definition) is 1. The number of benzene rings is 3. The van der Waals surface area contributed by atoms with Gasteiger partial charge in [-0.2, -0.15) is 0 Å². The van der Waals surface area contributed by atoms with Crippen molar-refractivity contribution in [3.63, 3.8) is 0 Å². The van der Waals surface area contributed by atoms with E-state index in [2.05, 4.69) is 24.4 Å². The van der Waals surface area contributed by atoms with Gasteiger partial charge in [0, 0.05) is 11.6 Å². The highest BCUT2D eigenvalue weighted by Crippen LogP contribution is 2.18. The molecule has 3 rings (SSSR count). The topological polar surface area (TPSA) is 29.1 Å². The molecule has 23 heavy (non-hydrogen) atoms. The molecule has 3 aromatic rings. The zero-order valence-electron chi connectivity index (χ0n) is 13.3. The van der Waals surface area contributed by atoms with E-state index in [0.717, 1.165) is 29.2 Å². The average molecular weight is 303 g/mol. The normalized spacial score (nSPS) is 12.0. The van der Waals surface area contributed by atoms with E-state index in [0.29, 0.717) is 0 Å². The summed E-state index contributed by atoms with van der Waals surface area (Å²) in [4.78, 5) is 12.7. The number of nitrogens with one attached hydrogen (secondary N) is 1. The molecule has 2 heteroatoms. The molecular formula is C21H21NO. The molecule has 1 unspecified atom stereocenters. The molecule has 0 radical (unpaired) electrons. The van der Waals surface area contributed by atoms with Gasteiger partial charge in [0.15, 0.2) is 0 Å². The number of hydrogen-bond donors (Lipinski definition) is 1. The van der Waals surface area contributed by atoms with E-state index in [4.69, 9.17) is 0 Å². The number of carbonyl (C=O) groups excluding carboxylic acids is 1. The van der Waals surface area contributed by atoms with Gasteiger partial charge >= 0.3 is 0 Å². The lowest BCUT2D eigenvalue weighted by Crippen LogP contribution is -2.36. The maximum atomic E-state index is 12.7. The van der Waals surface area contributed by atoms with E-state index in [1.165, 1.54) is 5.56 Å². The van der Waals surface area contributed by atoms with Crippen LogP contribution in [0.15, 0.2) is 72.8 Å². The maximum Gasteiger partial charge on any atom is 0.252 e. The lowest BCUT2D eigenvalue weighted by Gasteiger charge is -2.18. The summed E-state index contributed by atoms with van der Waals surface area (Å²) in [6, 6.07) is 24.3. The summed E-state index contributed by atoms with van der Waals surface area (Å²) in [6.07, 6.45) is 1.76. The van der Waals surface area contributed by atoms with Crippen LogP contribution in [0.25, 0.3) is 10.8 Å². The van der Waals surface area contributed by atoms with Crippen molar-refractivity contribution in [1.29, 1.82) is 0 Å². The van der Waals surface area contributed by atoms with Gasteiger partial charge < -0.3 is 5.32 Å². The van der Waals surface area contributed by atoms with E-state index in [1.807, 2.05) is 60.7 Å². The lowest BCUT2D eigenvalue weighted by molar-refractivity contribution is 0.0937. The van der Waals surface area contributed by atoms with E-state index in [1.54, 1.807) is 0 Å². The predicted molar refractivity (Wildman–Crippen MR) is 95.6 cm³/mol. The second-order valence-electron chi connectivity index (χ2n) is 5.80. The Balaban J connectivity index is 1.79. The van der Waals surface area contributed by atoms with Crippen molar-refractivity contribution < 1.29 is 4.79 Å². The van der Waals surface area contributed by atoms with E-state index in [9.17, 15) is 4.79 Å². The summed E-state index contributed by atoms with van der Waals surface area (Å²) in [7, 11) is 0. The Morgan fingerprint density at radius 3 is 2.39 bits per heavy atom. The Morgan fingerprint density at radius 1 is 0.913 bits per heavy atom. The highest BCUT2D eigenvalue weighted by Gasteiger charge is 2.14. The van der Waals surface area contributed by atoms with Crippen LogP contribution in [-0.4, -0.2) is 11.9 Å². The number of fused-ring (bicyclic) bond motifs is 1. The van der Waals surface area contributed by atoms with Crippen LogP contribution in [0.5, 0.6) is 0 Å². The smallest absolute Gasteiger partial charge is 0.252 e. The molecule has 1 atom stereocenters. The first kappa shape index (κ1) is 15.3. The molecular weight excluding hydrogens is 282 g/mol. The number of amides is 1. The second kappa shape index (κ2) is 7.10. The first-order chi connectivity index (χ1) is 11.3. The van der Waals surface area contributed by atoms with Gasteiger partial charge in [-0.15, -0.1) is 0 Å². The van der Waals surface area contributed by atoms with Crippen LogP contribution in [0.2, 0.25) is 0 Å². The van der Waals surface area contributed by atoms with Gasteiger partial charge in [-0.3, -0.25) is 4.79 Å². The summed E-state index contributed by atoms with van der Waals surface area (Å²) in [6.45, 7) is 2.11. The largest absolute Gasteiger partial charge is 0.349 e. The maximum absolute atomic E-state index is 12.7. The molecule has 0 aliphatic heterocycles. The third-order valence-electron chi connectivity index (χ3n) is 4.19. The van der Waals surface area contributed by atoms with Crippen molar-refractivity contribution in [3.8, 4) is 0 Å². The molecule has 0 aliphatic rings. The van der Waals surface area contributed by atoms with Gasteiger partial charge in [0.1, 0.15) is 0 Å². The van der Waals surface area contributed by atoms with Gasteiger partial charge in [-0.1, -0.05) is 73.7 Å². The lowest BCUT2D eigenvalue weighted by atomic mass is 10.0.